The Morgan fingerprint density at radius 2 is 1.96 bits per heavy atom. The van der Waals surface area contributed by atoms with Crippen LogP contribution in [0.4, 0.5) is 9.52 Å². The highest BCUT2D eigenvalue weighted by Gasteiger charge is 2.38. The van der Waals surface area contributed by atoms with Crippen LogP contribution >= 0.6 is 11.3 Å². The highest BCUT2D eigenvalue weighted by atomic mass is 32.1. The first-order valence-corrected chi connectivity index (χ1v) is 9.54. The lowest BCUT2D eigenvalue weighted by Gasteiger charge is -2.41. The van der Waals surface area contributed by atoms with Crippen molar-refractivity contribution in [2.75, 3.05) is 38.2 Å². The van der Waals surface area contributed by atoms with Gasteiger partial charge in [0.2, 0.25) is 5.91 Å². The van der Waals surface area contributed by atoms with E-state index >= 15 is 0 Å². The molecule has 26 heavy (non-hydrogen) atoms. The number of benzene rings is 1. The van der Waals surface area contributed by atoms with E-state index in [0.29, 0.717) is 39.0 Å². The molecule has 8 heteroatoms. The van der Waals surface area contributed by atoms with Crippen LogP contribution in [-0.2, 0) is 14.3 Å². The summed E-state index contributed by atoms with van der Waals surface area (Å²) >= 11 is 1.45. The first-order valence-electron chi connectivity index (χ1n) is 8.73. The Hall–Kier alpha value is -2.22. The van der Waals surface area contributed by atoms with Crippen LogP contribution < -0.4 is 4.90 Å². The first kappa shape index (κ1) is 17.2. The van der Waals surface area contributed by atoms with E-state index in [4.69, 9.17) is 4.74 Å². The van der Waals surface area contributed by atoms with Gasteiger partial charge in [0, 0.05) is 26.2 Å². The van der Waals surface area contributed by atoms with Gasteiger partial charge in [-0.3, -0.25) is 9.59 Å². The Labute approximate surface area is 154 Å². The fraction of sp³-hybridized carbons (Fsp3) is 0.500. The molecule has 4 rings (SSSR count). The summed E-state index contributed by atoms with van der Waals surface area (Å²) in [7, 11) is 1.40. The lowest BCUT2D eigenvalue weighted by molar-refractivity contribution is -0.149. The number of fused-ring (bicyclic) bond motifs is 1. The van der Waals surface area contributed by atoms with E-state index in [1.165, 1.54) is 30.6 Å². The zero-order chi connectivity index (χ0) is 18.3. The van der Waals surface area contributed by atoms with Gasteiger partial charge in [0.15, 0.2) is 5.13 Å². The molecule has 138 valence electrons. The lowest BCUT2D eigenvalue weighted by Crippen LogP contribution is -2.56. The number of amides is 1. The minimum absolute atomic E-state index is 0.0339. The summed E-state index contributed by atoms with van der Waals surface area (Å²) in [6, 6.07) is 4.58. The second-order valence-electron chi connectivity index (χ2n) is 6.83. The fourth-order valence-electron chi connectivity index (χ4n) is 3.57. The van der Waals surface area contributed by atoms with Crippen LogP contribution in [0.5, 0.6) is 0 Å². The van der Waals surface area contributed by atoms with Gasteiger partial charge in [0.1, 0.15) is 5.82 Å². The molecule has 2 fully saturated rings. The Kier molecular flexibility index (Phi) is 4.52. The number of esters is 1. The molecular formula is C18H20FN3O3S. The predicted molar refractivity (Wildman–Crippen MR) is 96.6 cm³/mol. The summed E-state index contributed by atoms with van der Waals surface area (Å²) in [5.41, 5.74) is 0.783. The summed E-state index contributed by atoms with van der Waals surface area (Å²) in [5.74, 6) is -0.422. The molecular weight excluding hydrogens is 357 g/mol. The number of rotatable bonds is 3. The normalized spacial score (nSPS) is 18.8. The van der Waals surface area contributed by atoms with Crippen molar-refractivity contribution in [1.82, 2.24) is 9.88 Å². The van der Waals surface area contributed by atoms with E-state index in [2.05, 4.69) is 9.88 Å². The Morgan fingerprint density at radius 1 is 1.23 bits per heavy atom. The van der Waals surface area contributed by atoms with Gasteiger partial charge < -0.3 is 14.5 Å². The van der Waals surface area contributed by atoms with Crippen LogP contribution in [0.1, 0.15) is 12.8 Å². The minimum Gasteiger partial charge on any atom is -0.469 e. The molecule has 0 atom stereocenters. The number of carbonyl (C=O) groups is 2. The third-order valence-electron chi connectivity index (χ3n) is 5.18. The van der Waals surface area contributed by atoms with Crippen molar-refractivity contribution in [3.05, 3.63) is 24.0 Å². The number of methoxy groups -OCH3 is 1. The van der Waals surface area contributed by atoms with Crippen LogP contribution in [0.25, 0.3) is 10.2 Å². The van der Waals surface area contributed by atoms with Gasteiger partial charge in [-0.15, -0.1) is 0 Å². The summed E-state index contributed by atoms with van der Waals surface area (Å²) < 4.78 is 18.9. The van der Waals surface area contributed by atoms with E-state index in [-0.39, 0.29) is 29.5 Å². The van der Waals surface area contributed by atoms with Crippen molar-refractivity contribution in [1.29, 1.82) is 0 Å². The molecule has 0 radical (unpaired) electrons. The van der Waals surface area contributed by atoms with Crippen molar-refractivity contribution < 1.29 is 18.7 Å². The maximum atomic E-state index is 13.3. The number of ether oxygens (including phenoxy) is 1. The molecule has 0 N–H and O–H groups in total. The number of hydrogen-bond acceptors (Lipinski definition) is 6. The van der Waals surface area contributed by atoms with Crippen molar-refractivity contribution in [2.24, 2.45) is 11.8 Å². The number of hydrogen-bond donors (Lipinski definition) is 0. The molecule has 1 aromatic carbocycles. The quantitative estimate of drug-likeness (QED) is 0.768. The minimum atomic E-state index is -0.264. The van der Waals surface area contributed by atoms with Crippen LogP contribution in [0.3, 0.4) is 0 Å². The van der Waals surface area contributed by atoms with Gasteiger partial charge >= 0.3 is 5.97 Å². The zero-order valence-corrected chi connectivity index (χ0v) is 15.3. The molecule has 2 saturated heterocycles. The number of likely N-dealkylation sites (tertiary alicyclic amines) is 1. The molecule has 0 unspecified atom stereocenters. The third-order valence-corrected chi connectivity index (χ3v) is 6.26. The largest absolute Gasteiger partial charge is 0.469 e. The topological polar surface area (TPSA) is 62.7 Å². The molecule has 1 amide bonds. The van der Waals surface area contributed by atoms with Gasteiger partial charge in [0.25, 0.3) is 0 Å². The smallest absolute Gasteiger partial charge is 0.308 e. The number of halogens is 1. The van der Waals surface area contributed by atoms with Gasteiger partial charge in [0.05, 0.1) is 29.2 Å². The van der Waals surface area contributed by atoms with Gasteiger partial charge in [-0.25, -0.2) is 9.37 Å². The molecule has 0 spiro atoms. The summed E-state index contributed by atoms with van der Waals surface area (Å²) in [6.45, 7) is 2.49. The number of anilines is 1. The number of aromatic nitrogens is 1. The van der Waals surface area contributed by atoms with Crippen molar-refractivity contribution in [3.63, 3.8) is 0 Å². The Morgan fingerprint density at radius 3 is 2.65 bits per heavy atom. The predicted octanol–water partition coefficient (Wildman–Crippen LogP) is 2.28. The lowest BCUT2D eigenvalue weighted by atomic mass is 9.93. The van der Waals surface area contributed by atoms with Gasteiger partial charge in [-0.2, -0.15) is 0 Å². The second-order valence-corrected chi connectivity index (χ2v) is 7.84. The average Bonchev–Trinajstić information content (AvgIpc) is 3.02. The maximum Gasteiger partial charge on any atom is 0.308 e. The molecule has 2 aliphatic rings. The van der Waals surface area contributed by atoms with E-state index in [9.17, 15) is 14.0 Å². The number of nitrogens with zero attached hydrogens (tertiary/aromatic N) is 3. The Bertz CT molecular complexity index is 841. The molecule has 6 nitrogen and oxygen atoms in total. The average molecular weight is 377 g/mol. The summed E-state index contributed by atoms with van der Waals surface area (Å²) in [4.78, 5) is 32.7. The molecule has 2 aromatic rings. The maximum absolute atomic E-state index is 13.3. The standard InChI is InChI=1S/C18H20FN3O3S/c1-25-17(24)11-4-6-21(7-5-11)16(23)12-9-22(10-12)18-20-14-3-2-13(19)8-15(14)26-18/h2-3,8,11-12H,4-7,9-10H2,1H3. The molecule has 0 bridgehead atoms. The van der Waals surface area contributed by atoms with Gasteiger partial charge in [-0.05, 0) is 31.0 Å². The first-order chi connectivity index (χ1) is 12.5. The van der Waals surface area contributed by atoms with Crippen molar-refractivity contribution >= 4 is 38.6 Å². The summed E-state index contributed by atoms with van der Waals surface area (Å²) in [5, 5.41) is 0.832. The number of thiazole rings is 1. The van der Waals surface area contributed by atoms with Crippen LogP contribution in [-0.4, -0.2) is 55.0 Å². The van der Waals surface area contributed by atoms with Crippen LogP contribution in [0.2, 0.25) is 0 Å². The van der Waals surface area contributed by atoms with E-state index in [1.807, 2.05) is 4.90 Å². The molecule has 3 heterocycles. The van der Waals surface area contributed by atoms with Crippen LogP contribution in [0, 0.1) is 17.7 Å². The molecule has 2 aliphatic heterocycles. The number of piperidine rings is 1. The zero-order valence-electron chi connectivity index (χ0n) is 14.5. The Balaban J connectivity index is 1.32. The van der Waals surface area contributed by atoms with Crippen LogP contribution in [0.15, 0.2) is 18.2 Å². The van der Waals surface area contributed by atoms with Crippen molar-refractivity contribution in [2.45, 2.75) is 12.8 Å². The van der Waals surface area contributed by atoms with Gasteiger partial charge in [-0.1, -0.05) is 11.3 Å². The van der Waals surface area contributed by atoms with Crippen molar-refractivity contribution in [3.8, 4) is 0 Å². The van der Waals surface area contributed by atoms with E-state index in [0.717, 1.165) is 15.3 Å². The highest BCUT2D eigenvalue weighted by Crippen LogP contribution is 2.34. The molecule has 1 aromatic heterocycles. The SMILES string of the molecule is COC(=O)C1CCN(C(=O)C2CN(c3nc4ccc(F)cc4s3)C2)CC1. The third kappa shape index (κ3) is 3.13. The molecule has 0 aliphatic carbocycles. The fourth-order valence-corrected chi connectivity index (χ4v) is 4.58. The highest BCUT2D eigenvalue weighted by molar-refractivity contribution is 7.22. The monoisotopic (exact) mass is 377 g/mol. The summed E-state index contributed by atoms with van der Waals surface area (Å²) in [6.07, 6.45) is 1.33. The second kappa shape index (κ2) is 6.83. The number of carbonyl (C=O) groups excluding carboxylic acids is 2. The molecule has 0 saturated carbocycles. The van der Waals surface area contributed by atoms with E-state index in [1.54, 1.807) is 6.07 Å². The van der Waals surface area contributed by atoms with E-state index < -0.39 is 0 Å².